The average Bonchev–Trinajstić information content (AvgIpc) is 3.41. The van der Waals surface area contributed by atoms with E-state index in [9.17, 15) is 18.0 Å². The molecule has 1 aromatic carbocycles. The lowest BCUT2D eigenvalue weighted by Crippen LogP contribution is -2.24. The fraction of sp³-hybridized carbons (Fsp3) is 0.208. The van der Waals surface area contributed by atoms with Gasteiger partial charge in [-0.15, -0.1) is 11.3 Å². The summed E-state index contributed by atoms with van der Waals surface area (Å²) >= 11 is 6.75. The van der Waals surface area contributed by atoms with Crippen molar-refractivity contribution in [1.82, 2.24) is 14.5 Å². The molecule has 7 nitrogen and oxygen atoms in total. The van der Waals surface area contributed by atoms with Crippen molar-refractivity contribution in [3.05, 3.63) is 86.2 Å². The minimum atomic E-state index is -3.73. The molecule has 34 heavy (non-hydrogen) atoms. The molecule has 0 bridgehead atoms. The standard InChI is InChI=1S/C24H20ClN3O4S2/c1-27-12-19-17-4-2-3-5-18(17)24(30)28(20(19)13-27)22-8-6-15(11-26-22)10-16(29)14-34(31,32)23-9-7-21(25)33-23/h2-9,11H,10,12-14H2,1H3. The third-order valence-electron chi connectivity index (χ3n) is 5.80. The lowest BCUT2D eigenvalue weighted by atomic mass is 10.1. The average molecular weight is 514 g/mol. The van der Waals surface area contributed by atoms with Crippen LogP contribution in [-0.2, 0) is 34.1 Å². The van der Waals surface area contributed by atoms with Crippen molar-refractivity contribution in [2.75, 3.05) is 12.8 Å². The van der Waals surface area contributed by atoms with Gasteiger partial charge in [-0.05, 0) is 47.8 Å². The van der Waals surface area contributed by atoms with Crippen molar-refractivity contribution in [3.8, 4) is 5.82 Å². The predicted molar refractivity (Wildman–Crippen MR) is 133 cm³/mol. The van der Waals surface area contributed by atoms with Gasteiger partial charge in [0.1, 0.15) is 15.8 Å². The number of hydrogen-bond acceptors (Lipinski definition) is 7. The van der Waals surface area contributed by atoms with Gasteiger partial charge in [-0.25, -0.2) is 13.4 Å². The topological polar surface area (TPSA) is 89.3 Å². The zero-order valence-electron chi connectivity index (χ0n) is 18.2. The van der Waals surface area contributed by atoms with Crippen LogP contribution in [0, 0.1) is 0 Å². The van der Waals surface area contributed by atoms with Crippen LogP contribution in [0.5, 0.6) is 0 Å². The van der Waals surface area contributed by atoms with Gasteiger partial charge in [0.2, 0.25) is 0 Å². The van der Waals surface area contributed by atoms with Crippen LogP contribution in [0.15, 0.2) is 63.7 Å². The van der Waals surface area contributed by atoms with E-state index in [1.165, 1.54) is 18.3 Å². The third kappa shape index (κ3) is 4.20. The number of halogens is 1. The first-order chi connectivity index (χ1) is 16.2. The fourth-order valence-electron chi connectivity index (χ4n) is 4.31. The van der Waals surface area contributed by atoms with Crippen LogP contribution >= 0.6 is 22.9 Å². The van der Waals surface area contributed by atoms with E-state index in [-0.39, 0.29) is 16.2 Å². The number of carbonyl (C=O) groups is 1. The van der Waals surface area contributed by atoms with E-state index in [1.807, 2.05) is 31.3 Å². The number of nitrogens with zero attached hydrogens (tertiary/aromatic N) is 3. The van der Waals surface area contributed by atoms with Crippen molar-refractivity contribution in [1.29, 1.82) is 0 Å². The molecule has 10 heteroatoms. The number of fused-ring (bicyclic) bond motifs is 3. The molecule has 0 fully saturated rings. The van der Waals surface area contributed by atoms with Crippen molar-refractivity contribution in [3.63, 3.8) is 0 Å². The van der Waals surface area contributed by atoms with Gasteiger partial charge >= 0.3 is 0 Å². The molecule has 174 valence electrons. The van der Waals surface area contributed by atoms with E-state index in [2.05, 4.69) is 9.88 Å². The normalized spacial score (nSPS) is 13.9. The summed E-state index contributed by atoms with van der Waals surface area (Å²) in [5, 5.41) is 1.59. The minimum absolute atomic E-state index is 0.0704. The summed E-state index contributed by atoms with van der Waals surface area (Å²) < 4.78 is 26.9. The number of benzene rings is 1. The molecule has 0 saturated heterocycles. The van der Waals surface area contributed by atoms with Gasteiger partial charge in [0.15, 0.2) is 15.6 Å². The van der Waals surface area contributed by atoms with Crippen LogP contribution in [-0.4, -0.2) is 41.5 Å². The van der Waals surface area contributed by atoms with Gasteiger partial charge in [0, 0.05) is 36.8 Å². The van der Waals surface area contributed by atoms with Crippen molar-refractivity contribution in [2.45, 2.75) is 23.7 Å². The quantitative estimate of drug-likeness (QED) is 0.391. The number of rotatable bonds is 6. The van der Waals surface area contributed by atoms with Gasteiger partial charge in [-0.2, -0.15) is 0 Å². The summed E-state index contributed by atoms with van der Waals surface area (Å²) in [4.78, 5) is 32.4. The molecule has 3 aromatic heterocycles. The van der Waals surface area contributed by atoms with Crippen LogP contribution in [0.25, 0.3) is 16.6 Å². The van der Waals surface area contributed by atoms with E-state index in [1.54, 1.807) is 16.7 Å². The molecule has 0 radical (unpaired) electrons. The molecule has 1 aliphatic rings. The highest BCUT2D eigenvalue weighted by molar-refractivity contribution is 7.94. The Balaban J connectivity index is 1.42. The number of thiophene rings is 1. The van der Waals surface area contributed by atoms with Crippen LogP contribution in [0.2, 0.25) is 4.34 Å². The van der Waals surface area contributed by atoms with E-state index < -0.39 is 21.4 Å². The highest BCUT2D eigenvalue weighted by Crippen LogP contribution is 2.29. The molecular formula is C24H20ClN3O4S2. The van der Waals surface area contributed by atoms with E-state index in [0.29, 0.717) is 27.6 Å². The van der Waals surface area contributed by atoms with E-state index in [0.717, 1.165) is 34.5 Å². The number of hydrogen-bond donors (Lipinski definition) is 0. The zero-order valence-corrected chi connectivity index (χ0v) is 20.6. The Labute approximate surface area is 205 Å². The summed E-state index contributed by atoms with van der Waals surface area (Å²) in [7, 11) is -1.73. The second kappa shape index (κ2) is 8.74. The molecule has 4 heterocycles. The minimum Gasteiger partial charge on any atom is -0.298 e. The van der Waals surface area contributed by atoms with E-state index in [4.69, 9.17) is 11.6 Å². The maximum Gasteiger partial charge on any atom is 0.264 e. The van der Waals surface area contributed by atoms with Crippen LogP contribution < -0.4 is 5.56 Å². The molecule has 0 amide bonds. The number of pyridine rings is 2. The first-order valence-electron chi connectivity index (χ1n) is 10.5. The largest absolute Gasteiger partial charge is 0.298 e. The van der Waals surface area contributed by atoms with E-state index >= 15 is 0 Å². The molecule has 4 aromatic rings. The summed E-state index contributed by atoms with van der Waals surface area (Å²) in [6.07, 6.45) is 1.45. The lowest BCUT2D eigenvalue weighted by molar-refractivity contribution is -0.116. The Bertz CT molecular complexity index is 1590. The molecule has 1 aliphatic heterocycles. The summed E-state index contributed by atoms with van der Waals surface area (Å²) in [6.45, 7) is 1.37. The van der Waals surface area contributed by atoms with Crippen molar-refractivity contribution < 1.29 is 13.2 Å². The van der Waals surface area contributed by atoms with Crippen LogP contribution in [0.3, 0.4) is 0 Å². The molecule has 0 aliphatic carbocycles. The number of sulfone groups is 1. The summed E-state index contributed by atoms with van der Waals surface area (Å²) in [5.41, 5.74) is 2.46. The first kappa shape index (κ1) is 22.9. The molecule has 0 saturated carbocycles. The number of carbonyl (C=O) groups excluding carboxylic acids is 1. The number of ketones is 1. The Morgan fingerprint density at radius 1 is 1.09 bits per heavy atom. The Hall–Kier alpha value is -2.85. The fourth-order valence-corrected chi connectivity index (χ4v) is 7.12. The molecule has 0 N–H and O–H groups in total. The lowest BCUT2D eigenvalue weighted by Gasteiger charge is -2.14. The van der Waals surface area contributed by atoms with Crippen molar-refractivity contribution >= 4 is 49.3 Å². The SMILES string of the molecule is CN1Cc2c(n(-c3ccc(CC(=O)CS(=O)(=O)c4ccc(Cl)s4)cn3)c(=O)c3ccccc23)C1. The Kier molecular flexibility index (Phi) is 5.89. The zero-order chi connectivity index (χ0) is 24.0. The van der Waals surface area contributed by atoms with Gasteiger partial charge in [0.25, 0.3) is 5.56 Å². The maximum atomic E-state index is 13.3. The summed E-state index contributed by atoms with van der Waals surface area (Å²) in [5.74, 6) is -0.570. The molecule has 0 unspecified atom stereocenters. The van der Waals surface area contributed by atoms with Gasteiger partial charge in [0.05, 0.1) is 4.34 Å². The second-order valence-electron chi connectivity index (χ2n) is 8.34. The van der Waals surface area contributed by atoms with Crippen LogP contribution in [0.4, 0.5) is 0 Å². The highest BCUT2D eigenvalue weighted by atomic mass is 35.5. The van der Waals surface area contributed by atoms with Gasteiger partial charge in [-0.1, -0.05) is 35.9 Å². The summed E-state index contributed by atoms with van der Waals surface area (Å²) in [6, 6.07) is 13.9. The maximum absolute atomic E-state index is 13.3. The third-order valence-corrected chi connectivity index (χ3v) is 9.29. The van der Waals surface area contributed by atoms with Crippen LogP contribution in [0.1, 0.15) is 16.8 Å². The highest BCUT2D eigenvalue weighted by Gasteiger charge is 2.25. The molecule has 0 spiro atoms. The second-order valence-corrected chi connectivity index (χ2v) is 12.3. The van der Waals surface area contributed by atoms with Gasteiger partial charge < -0.3 is 0 Å². The first-order valence-corrected chi connectivity index (χ1v) is 13.4. The van der Waals surface area contributed by atoms with Crippen molar-refractivity contribution in [2.24, 2.45) is 0 Å². The number of aromatic nitrogens is 2. The molecule has 5 rings (SSSR count). The smallest absolute Gasteiger partial charge is 0.264 e. The Morgan fingerprint density at radius 2 is 1.85 bits per heavy atom. The van der Waals surface area contributed by atoms with Gasteiger partial charge in [-0.3, -0.25) is 19.1 Å². The monoisotopic (exact) mass is 513 g/mol. The predicted octanol–water partition coefficient (Wildman–Crippen LogP) is 3.63. The molecule has 0 atom stereocenters. The molecular weight excluding hydrogens is 494 g/mol. The number of Topliss-reactive ketones (excluding diaryl/α,β-unsaturated/α-hetero) is 1. The Morgan fingerprint density at radius 3 is 2.53 bits per heavy atom.